The Hall–Kier alpha value is -3.29. The number of benzene rings is 1. The number of H-pyrrole nitrogens is 1. The molecule has 0 saturated carbocycles. The number of aromatic nitrogens is 4. The molecule has 1 aliphatic rings. The molecule has 0 aliphatic carbocycles. The monoisotopic (exact) mass is 387 g/mol. The number of aromatic amines is 1. The number of pyridine rings is 2. The predicted molar refractivity (Wildman–Crippen MR) is 110 cm³/mol. The molecule has 146 valence electrons. The van der Waals surface area contributed by atoms with Crippen molar-refractivity contribution in [1.82, 2.24) is 25.5 Å². The number of aliphatic hydroxyl groups is 1. The van der Waals surface area contributed by atoms with Gasteiger partial charge in [0.2, 0.25) is 5.88 Å². The van der Waals surface area contributed by atoms with E-state index in [0.29, 0.717) is 24.7 Å². The van der Waals surface area contributed by atoms with Gasteiger partial charge in [-0.25, -0.2) is 4.98 Å². The van der Waals surface area contributed by atoms with Gasteiger partial charge < -0.3 is 15.2 Å². The van der Waals surface area contributed by atoms with Crippen molar-refractivity contribution >= 4 is 10.9 Å². The van der Waals surface area contributed by atoms with Gasteiger partial charge in [-0.2, -0.15) is 5.10 Å². The highest BCUT2D eigenvalue weighted by atomic mass is 16.5. The van der Waals surface area contributed by atoms with Crippen LogP contribution in [0.5, 0.6) is 11.6 Å². The number of ether oxygens (including phenoxy) is 1. The van der Waals surface area contributed by atoms with Gasteiger partial charge in [-0.05, 0) is 35.9 Å². The smallest absolute Gasteiger partial charge is 0.219 e. The Morgan fingerprint density at radius 3 is 2.66 bits per heavy atom. The van der Waals surface area contributed by atoms with Crippen molar-refractivity contribution in [2.75, 3.05) is 13.1 Å². The van der Waals surface area contributed by atoms with Crippen LogP contribution in [0.15, 0.2) is 61.1 Å². The molecule has 1 aliphatic heterocycles. The van der Waals surface area contributed by atoms with E-state index >= 15 is 0 Å². The molecule has 7 nitrogen and oxygen atoms in total. The summed E-state index contributed by atoms with van der Waals surface area (Å²) in [5, 5.41) is 21.6. The normalized spacial score (nSPS) is 16.3. The Bertz CT molecular complexity index is 1140. The van der Waals surface area contributed by atoms with Crippen molar-refractivity contribution in [3.8, 4) is 22.9 Å². The van der Waals surface area contributed by atoms with Crippen molar-refractivity contribution in [3.63, 3.8) is 0 Å². The van der Waals surface area contributed by atoms with Crippen molar-refractivity contribution < 1.29 is 9.84 Å². The molecule has 4 heterocycles. The second-order valence-corrected chi connectivity index (χ2v) is 7.51. The van der Waals surface area contributed by atoms with Gasteiger partial charge in [-0.1, -0.05) is 6.92 Å². The van der Waals surface area contributed by atoms with E-state index in [-0.39, 0.29) is 5.92 Å². The van der Waals surface area contributed by atoms with Crippen molar-refractivity contribution in [2.45, 2.75) is 18.4 Å². The van der Waals surface area contributed by atoms with Crippen LogP contribution in [0.1, 0.15) is 18.4 Å². The maximum Gasteiger partial charge on any atom is 0.219 e. The molecule has 0 amide bonds. The van der Waals surface area contributed by atoms with E-state index in [9.17, 15) is 5.11 Å². The lowest BCUT2D eigenvalue weighted by Gasteiger charge is -2.42. The molecule has 5 rings (SSSR count). The van der Waals surface area contributed by atoms with E-state index in [4.69, 9.17) is 4.74 Å². The van der Waals surface area contributed by atoms with Gasteiger partial charge in [-0.15, -0.1) is 0 Å². The Labute approximate surface area is 167 Å². The predicted octanol–water partition coefficient (Wildman–Crippen LogP) is 3.25. The molecule has 3 aromatic heterocycles. The van der Waals surface area contributed by atoms with Crippen LogP contribution in [-0.2, 0) is 0 Å². The molecule has 4 aromatic rings. The standard InChI is InChI=1S/C22H21N5O2/c1-14(22(28)12-23-13-22)17-8-15-2-4-18(9-20(15)24-11-17)29-21-5-3-16(10-25-21)19-6-7-26-27-19/h2-11,14,23,28H,12-13H2,1H3,(H,26,27). The Balaban J connectivity index is 1.35. The molecule has 1 saturated heterocycles. The van der Waals surface area contributed by atoms with E-state index < -0.39 is 5.60 Å². The number of nitrogens with zero attached hydrogens (tertiary/aromatic N) is 3. The average molecular weight is 387 g/mol. The first-order valence-electron chi connectivity index (χ1n) is 9.57. The molecular weight excluding hydrogens is 366 g/mol. The zero-order chi connectivity index (χ0) is 19.8. The molecule has 3 N–H and O–H groups in total. The minimum absolute atomic E-state index is 0.0224. The van der Waals surface area contributed by atoms with Gasteiger partial charge in [0.05, 0.1) is 16.8 Å². The lowest BCUT2D eigenvalue weighted by molar-refractivity contribution is -0.0300. The second kappa shape index (κ2) is 6.95. The molecule has 0 bridgehead atoms. The summed E-state index contributed by atoms with van der Waals surface area (Å²) in [6.45, 7) is 3.27. The van der Waals surface area contributed by atoms with Gasteiger partial charge in [0.25, 0.3) is 0 Å². The minimum atomic E-state index is -0.688. The molecule has 29 heavy (non-hydrogen) atoms. The number of β-amino-alcohol motifs (C(OH)–C–C–N with tert-alkyl or cyclic N) is 1. The number of rotatable bonds is 5. The highest BCUT2D eigenvalue weighted by Crippen LogP contribution is 2.33. The van der Waals surface area contributed by atoms with Crippen LogP contribution < -0.4 is 10.1 Å². The maximum absolute atomic E-state index is 10.6. The average Bonchev–Trinajstić information content (AvgIpc) is 3.26. The highest BCUT2D eigenvalue weighted by molar-refractivity contribution is 5.80. The zero-order valence-corrected chi connectivity index (χ0v) is 16.0. The second-order valence-electron chi connectivity index (χ2n) is 7.51. The Morgan fingerprint density at radius 2 is 1.97 bits per heavy atom. The van der Waals surface area contributed by atoms with Crippen molar-refractivity contribution in [2.24, 2.45) is 0 Å². The Kier molecular flexibility index (Phi) is 4.26. The molecule has 1 unspecified atom stereocenters. The first-order chi connectivity index (χ1) is 14.1. The van der Waals surface area contributed by atoms with Crippen LogP contribution in [0.4, 0.5) is 0 Å². The van der Waals surface area contributed by atoms with Gasteiger partial charge in [-0.3, -0.25) is 10.1 Å². The van der Waals surface area contributed by atoms with E-state index in [1.165, 1.54) is 0 Å². The first-order valence-corrected chi connectivity index (χ1v) is 9.57. The van der Waals surface area contributed by atoms with Gasteiger partial charge in [0.1, 0.15) is 5.75 Å². The summed E-state index contributed by atoms with van der Waals surface area (Å²) in [5.41, 5.74) is 3.04. The molecule has 1 fully saturated rings. The summed E-state index contributed by atoms with van der Waals surface area (Å²) < 4.78 is 5.89. The summed E-state index contributed by atoms with van der Waals surface area (Å²) in [6.07, 6.45) is 5.29. The summed E-state index contributed by atoms with van der Waals surface area (Å²) in [7, 11) is 0. The highest BCUT2D eigenvalue weighted by Gasteiger charge is 2.40. The Morgan fingerprint density at radius 1 is 1.07 bits per heavy atom. The maximum atomic E-state index is 10.6. The van der Waals surface area contributed by atoms with Gasteiger partial charge in [0.15, 0.2) is 0 Å². The SMILES string of the molecule is CC(c1cnc2cc(Oc3ccc(-c4ccn[nH]4)cn3)ccc2c1)C1(O)CNC1. The molecule has 7 heteroatoms. The first kappa shape index (κ1) is 17.8. The van der Waals surface area contributed by atoms with Crippen LogP contribution in [0.25, 0.3) is 22.2 Å². The quantitative estimate of drug-likeness (QED) is 0.486. The molecule has 0 spiro atoms. The van der Waals surface area contributed by atoms with Crippen LogP contribution >= 0.6 is 0 Å². The zero-order valence-electron chi connectivity index (χ0n) is 16.0. The third kappa shape index (κ3) is 3.35. The molecular formula is C22H21N5O2. The van der Waals surface area contributed by atoms with Crippen LogP contribution in [-0.4, -0.2) is 44.0 Å². The fourth-order valence-corrected chi connectivity index (χ4v) is 3.55. The number of hydrogen-bond donors (Lipinski definition) is 3. The largest absolute Gasteiger partial charge is 0.439 e. The van der Waals surface area contributed by atoms with E-state index in [2.05, 4.69) is 31.5 Å². The fourth-order valence-electron chi connectivity index (χ4n) is 3.55. The summed E-state index contributed by atoms with van der Waals surface area (Å²) in [6, 6.07) is 13.5. The van der Waals surface area contributed by atoms with E-state index in [1.54, 1.807) is 12.4 Å². The molecule has 1 atom stereocenters. The summed E-state index contributed by atoms with van der Waals surface area (Å²) in [4.78, 5) is 8.95. The van der Waals surface area contributed by atoms with Gasteiger partial charge >= 0.3 is 0 Å². The van der Waals surface area contributed by atoms with Crippen LogP contribution in [0.3, 0.4) is 0 Å². The lowest BCUT2D eigenvalue weighted by atomic mass is 9.79. The lowest BCUT2D eigenvalue weighted by Crippen LogP contribution is -2.62. The number of fused-ring (bicyclic) bond motifs is 1. The van der Waals surface area contributed by atoms with E-state index in [0.717, 1.165) is 27.7 Å². The molecule has 0 radical (unpaired) electrons. The van der Waals surface area contributed by atoms with Crippen LogP contribution in [0, 0.1) is 0 Å². The van der Waals surface area contributed by atoms with Crippen molar-refractivity contribution in [1.29, 1.82) is 0 Å². The topological polar surface area (TPSA) is 96.0 Å². The van der Waals surface area contributed by atoms with Gasteiger partial charge in [0, 0.05) is 60.7 Å². The molecule has 1 aromatic carbocycles. The van der Waals surface area contributed by atoms with E-state index in [1.807, 2.05) is 49.5 Å². The number of nitrogens with one attached hydrogen (secondary N) is 2. The minimum Gasteiger partial charge on any atom is -0.439 e. The third-order valence-corrected chi connectivity index (χ3v) is 5.62. The summed E-state index contributed by atoms with van der Waals surface area (Å²) in [5.74, 6) is 1.21. The van der Waals surface area contributed by atoms with Crippen molar-refractivity contribution in [3.05, 3.63) is 66.6 Å². The number of hydrogen-bond acceptors (Lipinski definition) is 6. The third-order valence-electron chi connectivity index (χ3n) is 5.62. The van der Waals surface area contributed by atoms with Crippen LogP contribution in [0.2, 0.25) is 0 Å². The summed E-state index contributed by atoms with van der Waals surface area (Å²) >= 11 is 0. The fraction of sp³-hybridized carbons (Fsp3) is 0.227.